The van der Waals surface area contributed by atoms with E-state index < -0.39 is 11.9 Å². The van der Waals surface area contributed by atoms with Crippen LogP contribution in [0.25, 0.3) is 0 Å². The molecule has 9 heteroatoms. The largest absolute Gasteiger partial charge is 0.490 e. The van der Waals surface area contributed by atoms with E-state index in [0.717, 1.165) is 4.47 Å². The zero-order valence-corrected chi connectivity index (χ0v) is 19.9. The minimum atomic E-state index is -0.503. The number of amides is 1. The van der Waals surface area contributed by atoms with Crippen molar-refractivity contribution in [1.82, 2.24) is 5.43 Å². The smallest absolute Gasteiger partial charge is 0.343 e. The van der Waals surface area contributed by atoms with Gasteiger partial charge in [0, 0.05) is 9.50 Å². The van der Waals surface area contributed by atoms with Gasteiger partial charge in [0.15, 0.2) is 18.1 Å². The molecule has 0 saturated heterocycles. The number of carbonyl (C=O) groups excluding carboxylic acids is 2. The summed E-state index contributed by atoms with van der Waals surface area (Å²) in [6.07, 6.45) is 1.44. The summed E-state index contributed by atoms with van der Waals surface area (Å²) in [6.45, 7) is 1.98. The summed E-state index contributed by atoms with van der Waals surface area (Å²) < 4.78 is 17.3. The van der Waals surface area contributed by atoms with Crippen molar-refractivity contribution in [3.05, 3.63) is 87.4 Å². The minimum absolute atomic E-state index is 0.215. The van der Waals surface area contributed by atoms with Gasteiger partial charge in [0.25, 0.3) is 5.91 Å². The molecule has 0 aliphatic carbocycles. The molecule has 3 aromatic carbocycles. The van der Waals surface area contributed by atoms with E-state index in [-0.39, 0.29) is 12.4 Å². The molecular formula is C24H20BrClN2O5. The van der Waals surface area contributed by atoms with E-state index in [1.807, 2.05) is 6.92 Å². The van der Waals surface area contributed by atoms with Crippen LogP contribution in [0, 0.1) is 0 Å². The van der Waals surface area contributed by atoms with E-state index in [4.69, 9.17) is 25.8 Å². The summed E-state index contributed by atoms with van der Waals surface area (Å²) in [5.74, 6) is 0.202. The lowest BCUT2D eigenvalue weighted by molar-refractivity contribution is -0.123. The van der Waals surface area contributed by atoms with Gasteiger partial charge in [-0.15, -0.1) is 0 Å². The molecule has 0 aliphatic heterocycles. The highest BCUT2D eigenvalue weighted by atomic mass is 79.9. The molecule has 0 aliphatic rings. The summed E-state index contributed by atoms with van der Waals surface area (Å²) in [5, 5.41) is 4.44. The average molecular weight is 532 g/mol. The van der Waals surface area contributed by atoms with E-state index in [0.29, 0.717) is 34.3 Å². The number of esters is 1. The average Bonchev–Trinajstić information content (AvgIpc) is 2.80. The second-order valence-corrected chi connectivity index (χ2v) is 7.93. The van der Waals surface area contributed by atoms with Gasteiger partial charge < -0.3 is 14.2 Å². The van der Waals surface area contributed by atoms with Gasteiger partial charge in [0.1, 0.15) is 5.75 Å². The molecule has 3 rings (SSSR count). The number of hydrogen-bond donors (Lipinski definition) is 1. The molecule has 3 aromatic rings. The maximum atomic E-state index is 12.4. The van der Waals surface area contributed by atoms with Crippen molar-refractivity contribution in [2.24, 2.45) is 5.10 Å². The number of benzene rings is 3. The van der Waals surface area contributed by atoms with E-state index in [1.165, 1.54) is 6.21 Å². The third-order valence-corrected chi connectivity index (χ3v) is 4.88. The Hall–Kier alpha value is -3.36. The van der Waals surface area contributed by atoms with Crippen LogP contribution >= 0.6 is 27.5 Å². The number of hydrazone groups is 1. The quantitative estimate of drug-likeness (QED) is 0.176. The number of halogens is 2. The SMILES string of the molecule is CCOc1cc(/C=N/NC(=O)COc2cccc(Cl)c2)ccc1OC(=O)c1ccc(Br)cc1. The molecule has 0 unspecified atom stereocenters. The first kappa shape index (κ1) is 24.3. The Kier molecular flexibility index (Phi) is 8.86. The summed E-state index contributed by atoms with van der Waals surface area (Å²) in [6, 6.07) is 18.5. The van der Waals surface area contributed by atoms with Crippen molar-refractivity contribution in [3.8, 4) is 17.2 Å². The molecular weight excluding hydrogens is 512 g/mol. The zero-order valence-electron chi connectivity index (χ0n) is 17.6. The van der Waals surface area contributed by atoms with E-state index in [1.54, 1.807) is 66.7 Å². The second-order valence-electron chi connectivity index (χ2n) is 6.57. The summed E-state index contributed by atoms with van der Waals surface area (Å²) >= 11 is 9.21. The van der Waals surface area contributed by atoms with Crippen LogP contribution in [0.5, 0.6) is 17.2 Å². The Bertz CT molecular complexity index is 1150. The number of carbonyl (C=O) groups is 2. The van der Waals surface area contributed by atoms with Crippen LogP contribution in [0.2, 0.25) is 5.02 Å². The molecule has 0 atom stereocenters. The van der Waals surface area contributed by atoms with E-state index >= 15 is 0 Å². The standard InChI is InChI=1S/C24H20BrClN2O5/c1-2-31-22-12-16(6-11-21(22)33-24(30)17-7-9-18(25)10-8-17)14-27-28-23(29)15-32-20-5-3-4-19(26)13-20/h3-14H,2,15H2,1H3,(H,28,29)/b27-14+. The van der Waals surface area contributed by atoms with Crippen LogP contribution in [-0.4, -0.2) is 31.3 Å². The number of ether oxygens (including phenoxy) is 3. The number of nitrogens with one attached hydrogen (secondary N) is 1. The monoisotopic (exact) mass is 530 g/mol. The highest BCUT2D eigenvalue weighted by molar-refractivity contribution is 9.10. The van der Waals surface area contributed by atoms with E-state index in [2.05, 4.69) is 26.5 Å². The molecule has 0 heterocycles. The fourth-order valence-electron chi connectivity index (χ4n) is 2.62. The maximum absolute atomic E-state index is 12.4. The van der Waals surface area contributed by atoms with Gasteiger partial charge >= 0.3 is 5.97 Å². The summed E-state index contributed by atoms with van der Waals surface area (Å²) in [7, 11) is 0. The minimum Gasteiger partial charge on any atom is -0.490 e. The lowest BCUT2D eigenvalue weighted by Gasteiger charge is -2.11. The normalized spacial score (nSPS) is 10.6. The first-order valence-corrected chi connectivity index (χ1v) is 11.1. The Morgan fingerprint density at radius 3 is 2.55 bits per heavy atom. The fraction of sp³-hybridized carbons (Fsp3) is 0.125. The molecule has 1 amide bonds. The predicted molar refractivity (Wildman–Crippen MR) is 129 cm³/mol. The van der Waals surface area contributed by atoms with E-state index in [9.17, 15) is 9.59 Å². The van der Waals surface area contributed by atoms with Crippen LogP contribution < -0.4 is 19.6 Å². The highest BCUT2D eigenvalue weighted by Crippen LogP contribution is 2.29. The Morgan fingerprint density at radius 2 is 1.82 bits per heavy atom. The predicted octanol–water partition coefficient (Wildman–Crippen LogP) is 5.25. The Balaban J connectivity index is 1.59. The Morgan fingerprint density at radius 1 is 1.03 bits per heavy atom. The summed E-state index contributed by atoms with van der Waals surface area (Å²) in [5.41, 5.74) is 3.43. The van der Waals surface area contributed by atoms with Crippen LogP contribution in [0.15, 0.2) is 76.3 Å². The fourth-order valence-corrected chi connectivity index (χ4v) is 3.06. The molecule has 33 heavy (non-hydrogen) atoms. The van der Waals surface area contributed by atoms with Crippen LogP contribution in [0.1, 0.15) is 22.8 Å². The van der Waals surface area contributed by atoms with Gasteiger partial charge in [-0.25, -0.2) is 10.2 Å². The third-order valence-electron chi connectivity index (χ3n) is 4.12. The molecule has 7 nitrogen and oxygen atoms in total. The lowest BCUT2D eigenvalue weighted by Crippen LogP contribution is -2.24. The van der Waals surface area contributed by atoms with Crippen molar-refractivity contribution in [2.75, 3.05) is 13.2 Å². The van der Waals surface area contributed by atoms with Crippen LogP contribution in [-0.2, 0) is 4.79 Å². The number of hydrogen-bond acceptors (Lipinski definition) is 6. The van der Waals surface area contributed by atoms with Gasteiger partial charge in [0.2, 0.25) is 0 Å². The topological polar surface area (TPSA) is 86.2 Å². The third kappa shape index (κ3) is 7.62. The number of nitrogens with zero attached hydrogens (tertiary/aromatic N) is 1. The van der Waals surface area contributed by atoms with Gasteiger partial charge in [-0.2, -0.15) is 5.10 Å². The molecule has 0 aromatic heterocycles. The van der Waals surface area contributed by atoms with Gasteiger partial charge in [-0.05, 0) is 73.2 Å². The van der Waals surface area contributed by atoms with Crippen molar-refractivity contribution in [3.63, 3.8) is 0 Å². The molecule has 0 spiro atoms. The zero-order chi connectivity index (χ0) is 23.6. The molecule has 170 valence electrons. The highest BCUT2D eigenvalue weighted by Gasteiger charge is 2.13. The van der Waals surface area contributed by atoms with Crippen molar-refractivity contribution >= 4 is 45.6 Å². The molecule has 0 fully saturated rings. The van der Waals surface area contributed by atoms with Crippen molar-refractivity contribution in [2.45, 2.75) is 6.92 Å². The molecule has 0 saturated carbocycles. The summed E-state index contributed by atoms with van der Waals surface area (Å²) in [4.78, 5) is 24.3. The Labute approximate surface area is 204 Å². The van der Waals surface area contributed by atoms with Crippen LogP contribution in [0.3, 0.4) is 0 Å². The molecule has 1 N–H and O–H groups in total. The van der Waals surface area contributed by atoms with Crippen molar-refractivity contribution in [1.29, 1.82) is 0 Å². The van der Waals surface area contributed by atoms with Crippen molar-refractivity contribution < 1.29 is 23.8 Å². The first-order valence-electron chi connectivity index (χ1n) is 9.89. The molecule has 0 radical (unpaired) electrons. The van der Waals surface area contributed by atoms with Gasteiger partial charge in [-0.3, -0.25) is 4.79 Å². The molecule has 0 bridgehead atoms. The second kappa shape index (κ2) is 12.0. The number of rotatable bonds is 9. The van der Waals surface area contributed by atoms with Gasteiger partial charge in [-0.1, -0.05) is 33.6 Å². The first-order chi connectivity index (χ1) is 15.9. The lowest BCUT2D eigenvalue weighted by atomic mass is 10.2. The van der Waals surface area contributed by atoms with Gasteiger partial charge in [0.05, 0.1) is 18.4 Å². The maximum Gasteiger partial charge on any atom is 0.343 e. The van der Waals surface area contributed by atoms with Crippen LogP contribution in [0.4, 0.5) is 0 Å².